The monoisotopic (exact) mass is 282 g/mol. The van der Waals surface area contributed by atoms with Crippen LogP contribution in [0.4, 0.5) is 18.9 Å². The number of halogens is 3. The van der Waals surface area contributed by atoms with E-state index in [1.54, 1.807) is 37.4 Å². The van der Waals surface area contributed by atoms with Crippen LogP contribution in [0.3, 0.4) is 0 Å². The van der Waals surface area contributed by atoms with Gasteiger partial charge in [-0.05, 0) is 25.1 Å². The largest absolute Gasteiger partial charge is 0.483 e. The maximum atomic E-state index is 12.3. The summed E-state index contributed by atoms with van der Waals surface area (Å²) in [6, 6.07) is 8.11. The van der Waals surface area contributed by atoms with Gasteiger partial charge in [0.1, 0.15) is 5.75 Å². The molecule has 2 N–H and O–H groups in total. The number of rotatable bonds is 3. The van der Waals surface area contributed by atoms with Gasteiger partial charge < -0.3 is 10.5 Å². The van der Waals surface area contributed by atoms with Crippen LogP contribution < -0.4 is 10.5 Å². The molecule has 0 radical (unpaired) electrons. The number of hydrogen-bond donors (Lipinski definition) is 1. The minimum atomic E-state index is -4.40. The summed E-state index contributed by atoms with van der Waals surface area (Å²) in [5, 5.41) is 0. The summed E-state index contributed by atoms with van der Waals surface area (Å²) in [5.41, 5.74) is 7.90. The molecule has 0 unspecified atom stereocenters. The number of alkyl halides is 3. The summed E-state index contributed by atoms with van der Waals surface area (Å²) in [7, 11) is 0. The fraction of sp³-hybridized carbons (Fsp3) is 0.214. The predicted molar refractivity (Wildman–Crippen MR) is 70.4 cm³/mol. The van der Waals surface area contributed by atoms with E-state index in [0.29, 0.717) is 22.5 Å². The van der Waals surface area contributed by atoms with Gasteiger partial charge in [-0.15, -0.1) is 0 Å². The second kappa shape index (κ2) is 5.40. The average Bonchev–Trinajstić information content (AvgIpc) is 2.37. The molecule has 0 fully saturated rings. The highest BCUT2D eigenvalue weighted by molar-refractivity contribution is 5.74. The minimum absolute atomic E-state index is 0.0958. The van der Waals surface area contributed by atoms with E-state index in [0.717, 1.165) is 0 Å². The number of hydrogen-bond acceptors (Lipinski definition) is 3. The summed E-state index contributed by atoms with van der Waals surface area (Å²) in [6.07, 6.45) is -2.78. The van der Waals surface area contributed by atoms with Crippen molar-refractivity contribution < 1.29 is 17.9 Å². The number of nitrogens with zero attached hydrogens (tertiary/aromatic N) is 1. The van der Waals surface area contributed by atoms with Crippen LogP contribution in [0.1, 0.15) is 5.69 Å². The zero-order valence-electron chi connectivity index (χ0n) is 10.7. The zero-order valence-corrected chi connectivity index (χ0v) is 10.7. The molecule has 1 heterocycles. The molecule has 0 aliphatic heterocycles. The van der Waals surface area contributed by atoms with Crippen molar-refractivity contribution >= 4 is 5.69 Å². The molecule has 1 aromatic carbocycles. The van der Waals surface area contributed by atoms with Crippen LogP contribution in [0.25, 0.3) is 11.1 Å². The van der Waals surface area contributed by atoms with Crippen molar-refractivity contribution in [2.24, 2.45) is 0 Å². The summed E-state index contributed by atoms with van der Waals surface area (Å²) in [4.78, 5) is 4.12. The molecule has 0 bridgehead atoms. The van der Waals surface area contributed by atoms with Gasteiger partial charge in [0.2, 0.25) is 0 Å². The van der Waals surface area contributed by atoms with Gasteiger partial charge in [-0.2, -0.15) is 13.2 Å². The summed E-state index contributed by atoms with van der Waals surface area (Å²) in [6.45, 7) is 0.419. The lowest BCUT2D eigenvalue weighted by atomic mass is 10.0. The fourth-order valence-electron chi connectivity index (χ4n) is 1.81. The van der Waals surface area contributed by atoms with Crippen molar-refractivity contribution in [2.45, 2.75) is 13.1 Å². The third-order valence-corrected chi connectivity index (χ3v) is 2.69. The molecule has 0 saturated carbocycles. The molecule has 0 amide bonds. The molecule has 2 rings (SSSR count). The molecule has 2 aromatic rings. The first-order valence-corrected chi connectivity index (χ1v) is 5.88. The van der Waals surface area contributed by atoms with E-state index in [9.17, 15) is 13.2 Å². The molecule has 3 nitrogen and oxygen atoms in total. The van der Waals surface area contributed by atoms with Crippen LogP contribution >= 0.6 is 0 Å². The maximum absolute atomic E-state index is 12.3. The second-order valence-corrected chi connectivity index (χ2v) is 4.30. The summed E-state index contributed by atoms with van der Waals surface area (Å²) in [5.74, 6) is 0.0958. The highest BCUT2D eigenvalue weighted by Crippen LogP contribution is 2.34. The number of anilines is 1. The molecule has 0 aliphatic carbocycles. The predicted octanol–water partition coefficient (Wildman–Crippen LogP) is 3.58. The lowest BCUT2D eigenvalue weighted by Crippen LogP contribution is -2.19. The molecule has 0 atom stereocenters. The molecule has 20 heavy (non-hydrogen) atoms. The Bertz CT molecular complexity index is 612. The Balaban J connectivity index is 2.41. The minimum Gasteiger partial charge on any atom is -0.483 e. The standard InChI is InChI=1S/C14H13F3N2O/c1-9-11(3-2-6-19-9)12-5-4-10(18)7-13(12)20-8-14(15,16)17/h2-7H,8,18H2,1H3. The third-order valence-electron chi connectivity index (χ3n) is 2.69. The number of benzene rings is 1. The van der Waals surface area contributed by atoms with Crippen LogP contribution in [-0.2, 0) is 0 Å². The Kier molecular flexibility index (Phi) is 3.83. The second-order valence-electron chi connectivity index (χ2n) is 4.30. The number of aromatic nitrogens is 1. The number of nitrogen functional groups attached to an aromatic ring is 1. The molecule has 6 heteroatoms. The van der Waals surface area contributed by atoms with E-state index >= 15 is 0 Å². The maximum Gasteiger partial charge on any atom is 0.422 e. The lowest BCUT2D eigenvalue weighted by Gasteiger charge is -2.15. The highest BCUT2D eigenvalue weighted by Gasteiger charge is 2.29. The van der Waals surface area contributed by atoms with Gasteiger partial charge in [0.05, 0.1) is 0 Å². The number of ether oxygens (including phenoxy) is 1. The van der Waals surface area contributed by atoms with Gasteiger partial charge in [-0.1, -0.05) is 6.07 Å². The van der Waals surface area contributed by atoms with E-state index < -0.39 is 12.8 Å². The molecule has 0 spiro atoms. The summed E-state index contributed by atoms with van der Waals surface area (Å²) >= 11 is 0. The Morgan fingerprint density at radius 2 is 1.95 bits per heavy atom. The summed E-state index contributed by atoms with van der Waals surface area (Å²) < 4.78 is 41.7. The molecule has 106 valence electrons. The first-order chi connectivity index (χ1) is 9.37. The third kappa shape index (κ3) is 3.40. The van der Waals surface area contributed by atoms with Crippen LogP contribution in [0.15, 0.2) is 36.5 Å². The average molecular weight is 282 g/mol. The van der Waals surface area contributed by atoms with Gasteiger partial charge >= 0.3 is 6.18 Å². The topological polar surface area (TPSA) is 48.1 Å². The van der Waals surface area contributed by atoms with Crippen LogP contribution in [0.2, 0.25) is 0 Å². The Morgan fingerprint density at radius 3 is 2.60 bits per heavy atom. The normalized spacial score (nSPS) is 11.4. The van der Waals surface area contributed by atoms with Crippen molar-refractivity contribution in [3.8, 4) is 16.9 Å². The van der Waals surface area contributed by atoms with Crippen LogP contribution in [0.5, 0.6) is 5.75 Å². The Hall–Kier alpha value is -2.24. The van der Waals surface area contributed by atoms with Crippen LogP contribution in [0, 0.1) is 6.92 Å². The van der Waals surface area contributed by atoms with Crippen molar-refractivity contribution in [1.82, 2.24) is 4.98 Å². The van der Waals surface area contributed by atoms with Crippen molar-refractivity contribution in [2.75, 3.05) is 12.3 Å². The number of nitrogens with two attached hydrogens (primary N) is 1. The smallest absolute Gasteiger partial charge is 0.422 e. The van der Waals surface area contributed by atoms with Gasteiger partial charge in [0, 0.05) is 34.8 Å². The van der Waals surface area contributed by atoms with Crippen LogP contribution in [-0.4, -0.2) is 17.8 Å². The van der Waals surface area contributed by atoms with E-state index in [4.69, 9.17) is 10.5 Å². The quantitative estimate of drug-likeness (QED) is 0.875. The first-order valence-electron chi connectivity index (χ1n) is 5.88. The fourth-order valence-corrected chi connectivity index (χ4v) is 1.81. The highest BCUT2D eigenvalue weighted by atomic mass is 19.4. The van der Waals surface area contributed by atoms with Gasteiger partial charge in [-0.3, -0.25) is 4.98 Å². The number of pyridine rings is 1. The zero-order chi connectivity index (χ0) is 14.8. The Morgan fingerprint density at radius 1 is 1.20 bits per heavy atom. The van der Waals surface area contributed by atoms with Gasteiger partial charge in [-0.25, -0.2) is 0 Å². The van der Waals surface area contributed by atoms with Crippen molar-refractivity contribution in [1.29, 1.82) is 0 Å². The first kappa shape index (κ1) is 14.2. The van der Waals surface area contributed by atoms with Gasteiger partial charge in [0.25, 0.3) is 0 Å². The van der Waals surface area contributed by atoms with E-state index in [2.05, 4.69) is 4.98 Å². The van der Waals surface area contributed by atoms with E-state index in [1.165, 1.54) is 6.07 Å². The molecular formula is C14H13F3N2O. The Labute approximate surface area is 114 Å². The lowest BCUT2D eigenvalue weighted by molar-refractivity contribution is -0.153. The van der Waals surface area contributed by atoms with E-state index in [-0.39, 0.29) is 5.75 Å². The number of aryl methyl sites for hydroxylation is 1. The van der Waals surface area contributed by atoms with E-state index in [1.807, 2.05) is 0 Å². The van der Waals surface area contributed by atoms with Crippen molar-refractivity contribution in [3.05, 3.63) is 42.2 Å². The van der Waals surface area contributed by atoms with Crippen molar-refractivity contribution in [3.63, 3.8) is 0 Å². The molecule has 0 aliphatic rings. The SMILES string of the molecule is Cc1ncccc1-c1ccc(N)cc1OCC(F)(F)F. The van der Waals surface area contributed by atoms with Gasteiger partial charge in [0.15, 0.2) is 6.61 Å². The molecule has 1 aromatic heterocycles. The molecular weight excluding hydrogens is 269 g/mol. The molecule has 0 saturated heterocycles.